The molecule has 0 unspecified atom stereocenters. The van der Waals surface area contributed by atoms with Gasteiger partial charge in [0.1, 0.15) is 5.82 Å². The Bertz CT molecular complexity index is 824. The number of hydrogen-bond donors (Lipinski definition) is 1. The zero-order valence-electron chi connectivity index (χ0n) is 14.9. The lowest BCUT2D eigenvalue weighted by Gasteiger charge is -2.18. The first-order valence-electron chi connectivity index (χ1n) is 8.94. The van der Waals surface area contributed by atoms with Crippen molar-refractivity contribution in [1.29, 1.82) is 0 Å². The molecular weight excluding hydrogens is 361 g/mol. The molecule has 0 saturated heterocycles. The first-order chi connectivity index (χ1) is 13.1. The maximum absolute atomic E-state index is 13.8. The normalized spacial score (nSPS) is 10.8. The van der Waals surface area contributed by atoms with Gasteiger partial charge in [0.15, 0.2) is 0 Å². The van der Waals surface area contributed by atoms with Gasteiger partial charge in [-0.2, -0.15) is 0 Å². The van der Waals surface area contributed by atoms with E-state index in [0.29, 0.717) is 6.54 Å². The lowest BCUT2D eigenvalue weighted by atomic mass is 9.88. The second kappa shape index (κ2) is 9.33. The molecule has 3 aromatic rings. The topological polar surface area (TPSA) is 29.1 Å². The Labute approximate surface area is 164 Å². The van der Waals surface area contributed by atoms with Crippen LogP contribution in [-0.2, 0) is 11.2 Å². The van der Waals surface area contributed by atoms with Gasteiger partial charge in [0, 0.05) is 23.0 Å². The third-order valence-electron chi connectivity index (χ3n) is 4.56. The molecule has 0 fully saturated rings. The average molecular weight is 382 g/mol. The molecule has 4 heteroatoms. The zero-order valence-corrected chi connectivity index (χ0v) is 15.6. The molecule has 27 heavy (non-hydrogen) atoms. The van der Waals surface area contributed by atoms with Crippen LogP contribution in [0.1, 0.15) is 29.0 Å². The van der Waals surface area contributed by atoms with Crippen LogP contribution >= 0.6 is 11.6 Å². The lowest BCUT2D eigenvalue weighted by Crippen LogP contribution is -2.27. The highest BCUT2D eigenvalue weighted by molar-refractivity contribution is 6.31. The van der Waals surface area contributed by atoms with Crippen molar-refractivity contribution in [3.63, 3.8) is 0 Å². The van der Waals surface area contributed by atoms with Crippen LogP contribution in [0.25, 0.3) is 0 Å². The van der Waals surface area contributed by atoms with Crippen molar-refractivity contribution in [3.8, 4) is 0 Å². The van der Waals surface area contributed by atoms with Crippen LogP contribution in [0, 0.1) is 5.82 Å². The molecule has 2 nitrogen and oxygen atoms in total. The predicted octanol–water partition coefficient (Wildman–Crippen LogP) is 5.36. The third-order valence-corrected chi connectivity index (χ3v) is 4.91. The van der Waals surface area contributed by atoms with Crippen molar-refractivity contribution >= 4 is 17.5 Å². The summed E-state index contributed by atoms with van der Waals surface area (Å²) >= 11 is 6.00. The Hall–Kier alpha value is -2.65. The monoisotopic (exact) mass is 381 g/mol. The summed E-state index contributed by atoms with van der Waals surface area (Å²) in [6.45, 7) is 0.499. The Kier molecular flexibility index (Phi) is 6.61. The lowest BCUT2D eigenvalue weighted by molar-refractivity contribution is -0.120. The van der Waals surface area contributed by atoms with E-state index >= 15 is 0 Å². The molecule has 0 aromatic heterocycles. The largest absolute Gasteiger partial charge is 0.356 e. The second-order valence-electron chi connectivity index (χ2n) is 6.39. The number of benzene rings is 3. The third kappa shape index (κ3) is 5.18. The van der Waals surface area contributed by atoms with Crippen LogP contribution in [-0.4, -0.2) is 12.5 Å². The van der Waals surface area contributed by atoms with E-state index < -0.39 is 5.82 Å². The molecule has 0 bridgehead atoms. The number of carbonyl (C=O) groups is 1. The smallest absolute Gasteiger partial charge is 0.224 e. The van der Waals surface area contributed by atoms with E-state index in [1.807, 2.05) is 36.4 Å². The summed E-state index contributed by atoms with van der Waals surface area (Å²) in [5.41, 5.74) is 2.64. The van der Waals surface area contributed by atoms with Crippen LogP contribution in [0.2, 0.25) is 5.02 Å². The standard InChI is InChI=1S/C23H21ClFNO/c24-21-12-7-13-22(25)20(21)16-23(27)26-15-14-19(17-8-3-1-4-9-17)18-10-5-2-6-11-18/h1-13,19H,14-16H2,(H,26,27). The van der Waals surface area contributed by atoms with Gasteiger partial charge in [0.05, 0.1) is 6.42 Å². The second-order valence-corrected chi connectivity index (χ2v) is 6.80. The molecule has 138 valence electrons. The highest BCUT2D eigenvalue weighted by Crippen LogP contribution is 2.27. The number of rotatable bonds is 7. The van der Waals surface area contributed by atoms with Crippen LogP contribution in [0.4, 0.5) is 4.39 Å². The molecule has 1 N–H and O–H groups in total. The van der Waals surface area contributed by atoms with Crippen LogP contribution in [0.3, 0.4) is 0 Å². The van der Waals surface area contributed by atoms with Gasteiger partial charge < -0.3 is 5.32 Å². The van der Waals surface area contributed by atoms with Gasteiger partial charge in [-0.3, -0.25) is 4.79 Å². The van der Waals surface area contributed by atoms with Gasteiger partial charge in [-0.15, -0.1) is 0 Å². The Morgan fingerprint density at radius 1 is 0.889 bits per heavy atom. The van der Waals surface area contributed by atoms with Crippen molar-refractivity contribution in [3.05, 3.63) is 106 Å². The fraction of sp³-hybridized carbons (Fsp3) is 0.174. The minimum absolute atomic E-state index is 0.0627. The molecule has 0 spiro atoms. The summed E-state index contributed by atoms with van der Waals surface area (Å²) in [5, 5.41) is 3.17. The maximum Gasteiger partial charge on any atom is 0.224 e. The van der Waals surface area contributed by atoms with Gasteiger partial charge in [-0.25, -0.2) is 4.39 Å². The van der Waals surface area contributed by atoms with E-state index in [4.69, 9.17) is 11.6 Å². The molecule has 0 atom stereocenters. The molecular formula is C23H21ClFNO. The van der Waals surface area contributed by atoms with Crippen molar-refractivity contribution in [1.82, 2.24) is 5.32 Å². The molecule has 1 amide bonds. The number of hydrogen-bond acceptors (Lipinski definition) is 1. The van der Waals surface area contributed by atoms with Gasteiger partial charge in [0.25, 0.3) is 0 Å². The van der Waals surface area contributed by atoms with Crippen LogP contribution in [0.5, 0.6) is 0 Å². The Morgan fingerprint density at radius 2 is 1.48 bits per heavy atom. The summed E-state index contributed by atoms with van der Waals surface area (Å²) in [5.74, 6) is -0.504. The summed E-state index contributed by atoms with van der Waals surface area (Å²) in [7, 11) is 0. The molecule has 0 aliphatic heterocycles. The predicted molar refractivity (Wildman–Crippen MR) is 107 cm³/mol. The van der Waals surface area contributed by atoms with Gasteiger partial charge in [-0.1, -0.05) is 78.3 Å². The highest BCUT2D eigenvalue weighted by atomic mass is 35.5. The van der Waals surface area contributed by atoms with E-state index in [0.717, 1.165) is 6.42 Å². The molecule has 0 aliphatic rings. The Balaban J connectivity index is 1.63. The minimum Gasteiger partial charge on any atom is -0.356 e. The minimum atomic E-state index is -0.455. The van der Waals surface area contributed by atoms with Gasteiger partial charge in [0.2, 0.25) is 5.91 Å². The zero-order chi connectivity index (χ0) is 19.1. The summed E-state index contributed by atoms with van der Waals surface area (Å²) in [6.07, 6.45) is 0.692. The highest BCUT2D eigenvalue weighted by Gasteiger charge is 2.15. The van der Waals surface area contributed by atoms with E-state index in [2.05, 4.69) is 29.6 Å². The molecule has 0 radical (unpaired) electrons. The summed E-state index contributed by atoms with van der Waals surface area (Å²) < 4.78 is 13.8. The van der Waals surface area contributed by atoms with Crippen molar-refractivity contribution in [2.75, 3.05) is 6.54 Å². The van der Waals surface area contributed by atoms with Crippen molar-refractivity contribution in [2.45, 2.75) is 18.8 Å². The van der Waals surface area contributed by atoms with Crippen LogP contribution in [0.15, 0.2) is 78.9 Å². The van der Waals surface area contributed by atoms with Crippen molar-refractivity contribution in [2.24, 2.45) is 0 Å². The van der Waals surface area contributed by atoms with Gasteiger partial charge >= 0.3 is 0 Å². The molecule has 3 aromatic carbocycles. The van der Waals surface area contributed by atoms with E-state index in [1.165, 1.54) is 23.3 Å². The first kappa shape index (κ1) is 19.1. The van der Waals surface area contributed by atoms with Gasteiger partial charge in [-0.05, 0) is 29.7 Å². The van der Waals surface area contributed by atoms with E-state index in [1.54, 1.807) is 6.07 Å². The number of amides is 1. The molecule has 0 saturated carbocycles. The first-order valence-corrected chi connectivity index (χ1v) is 9.32. The molecule has 0 heterocycles. The van der Waals surface area contributed by atoms with E-state index in [-0.39, 0.29) is 28.8 Å². The van der Waals surface area contributed by atoms with Crippen molar-refractivity contribution < 1.29 is 9.18 Å². The number of halogens is 2. The fourth-order valence-corrected chi connectivity index (χ4v) is 3.41. The molecule has 3 rings (SSSR count). The fourth-order valence-electron chi connectivity index (χ4n) is 3.18. The van der Waals surface area contributed by atoms with E-state index in [9.17, 15) is 9.18 Å². The quantitative estimate of drug-likeness (QED) is 0.586. The Morgan fingerprint density at radius 3 is 2.04 bits per heavy atom. The summed E-state index contributed by atoms with van der Waals surface area (Å²) in [6, 6.07) is 24.9. The number of nitrogens with one attached hydrogen (secondary N) is 1. The average Bonchev–Trinajstić information content (AvgIpc) is 2.69. The SMILES string of the molecule is O=C(Cc1c(F)cccc1Cl)NCCC(c1ccccc1)c1ccccc1. The summed E-state index contributed by atoms with van der Waals surface area (Å²) in [4.78, 5) is 12.2. The number of carbonyl (C=O) groups excluding carboxylic acids is 1. The van der Waals surface area contributed by atoms with Crippen LogP contribution < -0.4 is 5.32 Å². The maximum atomic E-state index is 13.8. The molecule has 0 aliphatic carbocycles.